The van der Waals surface area contributed by atoms with Crippen molar-refractivity contribution in [2.45, 2.75) is 82.3 Å². The molecule has 5 aliphatic rings. The van der Waals surface area contributed by atoms with Gasteiger partial charge < -0.3 is 14.5 Å². The van der Waals surface area contributed by atoms with Gasteiger partial charge >= 0.3 is 0 Å². The molecule has 1 aromatic carbocycles. The highest BCUT2D eigenvalue weighted by atomic mass is 16.5. The number of carbonyl (C=O) groups excluding carboxylic acids is 3. The third kappa shape index (κ3) is 4.63. The third-order valence-electron chi connectivity index (χ3n) is 8.74. The molecule has 0 aromatic heterocycles. The highest BCUT2D eigenvalue weighted by Gasteiger charge is 2.39. The van der Waals surface area contributed by atoms with E-state index in [0.717, 1.165) is 43.8 Å². The average Bonchev–Trinajstić information content (AvgIpc) is 3.49. The van der Waals surface area contributed by atoms with Gasteiger partial charge in [0.2, 0.25) is 11.8 Å². The van der Waals surface area contributed by atoms with E-state index in [9.17, 15) is 14.4 Å². The largest absolute Gasteiger partial charge is 0.475 e. The number of hydrogen-bond acceptors (Lipinski definition) is 6. The van der Waals surface area contributed by atoms with Gasteiger partial charge in [-0.2, -0.15) is 0 Å². The van der Waals surface area contributed by atoms with Crippen molar-refractivity contribution in [2.75, 3.05) is 26.4 Å². The number of hydrogen-bond donors (Lipinski definition) is 1. The van der Waals surface area contributed by atoms with E-state index < -0.39 is 6.04 Å². The van der Waals surface area contributed by atoms with Gasteiger partial charge in [0, 0.05) is 30.8 Å². The number of piperidine rings is 2. The molecule has 2 saturated heterocycles. The molecule has 1 saturated carbocycles. The molecular weight excluding hydrogens is 456 g/mol. The lowest BCUT2D eigenvalue weighted by Gasteiger charge is -2.32. The molecule has 36 heavy (non-hydrogen) atoms. The Kier molecular flexibility index (Phi) is 6.46. The van der Waals surface area contributed by atoms with Crippen molar-refractivity contribution < 1.29 is 19.1 Å². The number of amides is 3. The maximum Gasteiger partial charge on any atom is 0.255 e. The Balaban J connectivity index is 1.04. The Morgan fingerprint density at radius 1 is 0.972 bits per heavy atom. The van der Waals surface area contributed by atoms with Crippen molar-refractivity contribution in [2.24, 2.45) is 0 Å². The van der Waals surface area contributed by atoms with Crippen LogP contribution in [0.1, 0.15) is 85.2 Å². The second kappa shape index (κ2) is 9.88. The molecule has 0 radical (unpaired) electrons. The van der Waals surface area contributed by atoms with Crippen LogP contribution in [-0.4, -0.2) is 70.9 Å². The normalized spacial score (nSPS) is 26.2. The van der Waals surface area contributed by atoms with E-state index in [1.165, 1.54) is 37.7 Å². The Morgan fingerprint density at radius 3 is 2.56 bits per heavy atom. The molecule has 3 fully saturated rings. The lowest BCUT2D eigenvalue weighted by atomic mass is 9.88. The van der Waals surface area contributed by atoms with Crippen LogP contribution >= 0.6 is 0 Å². The van der Waals surface area contributed by atoms with Gasteiger partial charge in [-0.3, -0.25) is 24.6 Å². The first-order chi connectivity index (χ1) is 17.5. The van der Waals surface area contributed by atoms with Gasteiger partial charge in [-0.05, 0) is 68.3 Å². The highest BCUT2D eigenvalue weighted by molar-refractivity contribution is 6.05. The van der Waals surface area contributed by atoms with Crippen LogP contribution in [0.2, 0.25) is 0 Å². The molecule has 192 valence electrons. The van der Waals surface area contributed by atoms with Crippen molar-refractivity contribution in [3.63, 3.8) is 0 Å². The van der Waals surface area contributed by atoms with Gasteiger partial charge in [-0.25, -0.2) is 0 Å². The fraction of sp³-hybridized carbons (Fsp3) is 0.607. The summed E-state index contributed by atoms with van der Waals surface area (Å²) in [5, 5.41) is 2.37. The van der Waals surface area contributed by atoms with E-state index in [4.69, 9.17) is 4.74 Å². The average molecular weight is 493 g/mol. The first-order valence-electron chi connectivity index (χ1n) is 13.6. The molecule has 1 atom stereocenters. The lowest BCUT2D eigenvalue weighted by Crippen LogP contribution is -2.52. The summed E-state index contributed by atoms with van der Waals surface area (Å²) in [6.45, 7) is 4.10. The molecular formula is C28H36N4O4. The highest BCUT2D eigenvalue weighted by Crippen LogP contribution is 2.34. The van der Waals surface area contributed by atoms with E-state index in [1.54, 1.807) is 4.90 Å². The van der Waals surface area contributed by atoms with Gasteiger partial charge in [-0.1, -0.05) is 31.4 Å². The molecule has 1 aromatic rings. The summed E-state index contributed by atoms with van der Waals surface area (Å²) >= 11 is 0. The van der Waals surface area contributed by atoms with Crippen LogP contribution < -0.4 is 5.32 Å². The fourth-order valence-corrected chi connectivity index (χ4v) is 6.62. The molecule has 1 N–H and O–H groups in total. The predicted molar refractivity (Wildman–Crippen MR) is 134 cm³/mol. The summed E-state index contributed by atoms with van der Waals surface area (Å²) in [5.41, 5.74) is 2.97. The van der Waals surface area contributed by atoms with Gasteiger partial charge in [0.1, 0.15) is 11.8 Å². The summed E-state index contributed by atoms with van der Waals surface area (Å²) in [5.74, 6) is 0.856. The van der Waals surface area contributed by atoms with Crippen molar-refractivity contribution in [1.29, 1.82) is 0 Å². The van der Waals surface area contributed by atoms with E-state index in [0.29, 0.717) is 37.2 Å². The minimum atomic E-state index is -0.560. The van der Waals surface area contributed by atoms with E-state index >= 15 is 0 Å². The van der Waals surface area contributed by atoms with E-state index in [1.807, 2.05) is 6.07 Å². The second-order valence-electron chi connectivity index (χ2n) is 11.0. The molecule has 8 heteroatoms. The molecule has 4 heterocycles. The zero-order valence-corrected chi connectivity index (χ0v) is 20.9. The zero-order chi connectivity index (χ0) is 24.6. The molecule has 8 nitrogen and oxygen atoms in total. The topological polar surface area (TPSA) is 82.2 Å². The van der Waals surface area contributed by atoms with Crippen molar-refractivity contribution >= 4 is 17.7 Å². The summed E-state index contributed by atoms with van der Waals surface area (Å²) in [7, 11) is 0. The van der Waals surface area contributed by atoms with Crippen LogP contribution in [0.15, 0.2) is 30.2 Å². The summed E-state index contributed by atoms with van der Waals surface area (Å²) in [4.78, 5) is 43.3. The Labute approximate surface area is 212 Å². The molecule has 1 aliphatic carbocycles. The molecule has 4 aliphatic heterocycles. The fourth-order valence-electron chi connectivity index (χ4n) is 6.62. The molecule has 3 amide bonds. The van der Waals surface area contributed by atoms with Crippen molar-refractivity contribution in [1.82, 2.24) is 20.0 Å². The third-order valence-corrected chi connectivity index (χ3v) is 8.74. The lowest BCUT2D eigenvalue weighted by molar-refractivity contribution is -0.136. The molecule has 1 unspecified atom stereocenters. The van der Waals surface area contributed by atoms with Crippen LogP contribution in [0.25, 0.3) is 0 Å². The number of nitrogens with one attached hydrogen (secondary N) is 1. The van der Waals surface area contributed by atoms with Gasteiger partial charge in [0.05, 0.1) is 6.54 Å². The number of likely N-dealkylation sites (tertiary alicyclic amines) is 1. The minimum Gasteiger partial charge on any atom is -0.475 e. The van der Waals surface area contributed by atoms with Crippen molar-refractivity contribution in [3.05, 3.63) is 46.8 Å². The van der Waals surface area contributed by atoms with Crippen LogP contribution in [0.3, 0.4) is 0 Å². The van der Waals surface area contributed by atoms with Crippen LogP contribution in [0.5, 0.6) is 0 Å². The van der Waals surface area contributed by atoms with Crippen molar-refractivity contribution in [3.8, 4) is 0 Å². The molecule has 0 spiro atoms. The maximum absolute atomic E-state index is 13.0. The van der Waals surface area contributed by atoms with Gasteiger partial charge in [0.15, 0.2) is 6.73 Å². The standard InChI is InChI=1S/C28H36N4O4/c33-26-9-8-25(27(34)29-26)32-15-21-14-20(6-7-24(21)28(32)35)19-10-12-30(13-11-19)16-23-17-31(18-36-23)22-4-2-1-3-5-22/h6-7,14,17,19,22,25H,1-5,8-13,15-16,18H2,(H,29,33,34). The number of benzene rings is 1. The van der Waals surface area contributed by atoms with Gasteiger partial charge in [-0.15, -0.1) is 0 Å². The number of rotatable bonds is 5. The molecule has 0 bridgehead atoms. The van der Waals surface area contributed by atoms with Gasteiger partial charge in [0.25, 0.3) is 5.91 Å². The number of nitrogens with zero attached hydrogens (tertiary/aromatic N) is 3. The monoisotopic (exact) mass is 492 g/mol. The Bertz CT molecular complexity index is 1070. The summed E-state index contributed by atoms with van der Waals surface area (Å²) in [6.07, 6.45) is 11.7. The summed E-state index contributed by atoms with van der Waals surface area (Å²) < 4.78 is 6.03. The van der Waals surface area contributed by atoms with Crippen LogP contribution in [-0.2, 0) is 20.9 Å². The van der Waals surface area contributed by atoms with E-state index in [2.05, 4.69) is 33.4 Å². The number of ether oxygens (including phenoxy) is 1. The zero-order valence-electron chi connectivity index (χ0n) is 20.9. The van der Waals surface area contributed by atoms with E-state index in [-0.39, 0.29) is 24.1 Å². The Morgan fingerprint density at radius 2 is 1.78 bits per heavy atom. The first kappa shape index (κ1) is 23.5. The number of carbonyl (C=O) groups is 3. The number of fused-ring (bicyclic) bond motifs is 1. The van der Waals surface area contributed by atoms with Crippen LogP contribution in [0, 0.1) is 0 Å². The Hall–Kier alpha value is -2.87. The quantitative estimate of drug-likeness (QED) is 0.637. The predicted octanol–water partition coefficient (Wildman–Crippen LogP) is 3.09. The van der Waals surface area contributed by atoms with Crippen LogP contribution in [0.4, 0.5) is 0 Å². The maximum atomic E-state index is 13.0. The smallest absolute Gasteiger partial charge is 0.255 e. The second-order valence-corrected chi connectivity index (χ2v) is 11.0. The first-order valence-corrected chi connectivity index (χ1v) is 13.6. The SMILES string of the molecule is O=C1CCC(N2Cc3cc(C4CCN(CC5=CN(C6CCCCC6)CO5)CC4)ccc3C2=O)C(=O)N1. The molecule has 6 rings (SSSR count). The summed E-state index contributed by atoms with van der Waals surface area (Å²) in [6, 6.07) is 6.29. The minimum absolute atomic E-state index is 0.104. The number of imide groups is 1.